The highest BCUT2D eigenvalue weighted by molar-refractivity contribution is 6.27. The Morgan fingerprint density at radius 2 is 2.25 bits per heavy atom. The maximum absolute atomic E-state index is 6.62. The number of hydrogen-bond acceptors (Lipinski definition) is 2. The fourth-order valence-electron chi connectivity index (χ4n) is 0.335. The normalized spacial score (nSPS) is 12.1. The Kier molecular flexibility index (Phi) is 2.84. The first-order valence-corrected chi connectivity index (χ1v) is 2.50. The van der Waals surface area contributed by atoms with Crippen LogP contribution in [0.2, 0.25) is 0 Å². The molecule has 0 bridgehead atoms. The Hall–Kier alpha value is -0.860. The van der Waals surface area contributed by atoms with Crippen molar-refractivity contribution in [1.82, 2.24) is 0 Å². The molecule has 3 heteroatoms. The van der Waals surface area contributed by atoms with Crippen LogP contribution in [0, 0.1) is 5.41 Å². The summed E-state index contributed by atoms with van der Waals surface area (Å²) in [6.07, 6.45) is 1.04. The summed E-state index contributed by atoms with van der Waals surface area (Å²) in [6, 6.07) is 0.191. The van der Waals surface area contributed by atoms with Crippen LogP contribution in [0.4, 0.5) is 0 Å². The second-order valence-corrected chi connectivity index (χ2v) is 1.79. The van der Waals surface area contributed by atoms with E-state index in [0.717, 1.165) is 6.21 Å². The van der Waals surface area contributed by atoms with E-state index >= 15 is 0 Å². The zero-order valence-electron chi connectivity index (χ0n) is 5.18. The molecule has 3 N–H and O–H groups in total. The number of amidine groups is 1. The van der Waals surface area contributed by atoms with Crippen molar-refractivity contribution in [2.45, 2.75) is 19.9 Å². The predicted octanol–water partition coefficient (Wildman–Crippen LogP) is 0.402. The van der Waals surface area contributed by atoms with Crippen LogP contribution in [-0.4, -0.2) is 18.1 Å². The van der Waals surface area contributed by atoms with Crippen LogP contribution >= 0.6 is 0 Å². The van der Waals surface area contributed by atoms with Crippen molar-refractivity contribution in [3.8, 4) is 0 Å². The summed E-state index contributed by atoms with van der Waals surface area (Å²) in [4.78, 5) is 3.85. The molecule has 0 aliphatic heterocycles. The van der Waals surface area contributed by atoms with Crippen molar-refractivity contribution < 1.29 is 0 Å². The molecular formula is C5H11N3. The van der Waals surface area contributed by atoms with Crippen LogP contribution in [0.3, 0.4) is 0 Å². The van der Waals surface area contributed by atoms with Gasteiger partial charge in [-0.3, -0.25) is 4.99 Å². The number of nitrogens with two attached hydrogens (primary N) is 1. The molecule has 0 fully saturated rings. The SMILES string of the molecule is CC(C)/N=C(/N)C=N. The molecule has 0 heterocycles. The molecular weight excluding hydrogens is 102 g/mol. The van der Waals surface area contributed by atoms with Gasteiger partial charge in [0.15, 0.2) is 0 Å². The van der Waals surface area contributed by atoms with E-state index in [9.17, 15) is 0 Å². The highest BCUT2D eigenvalue weighted by Gasteiger charge is 1.86. The van der Waals surface area contributed by atoms with E-state index in [1.165, 1.54) is 0 Å². The average molecular weight is 113 g/mol. The molecule has 0 saturated carbocycles. The Balaban J connectivity index is 3.74. The van der Waals surface area contributed by atoms with Crippen molar-refractivity contribution in [2.75, 3.05) is 0 Å². The van der Waals surface area contributed by atoms with Crippen LogP contribution in [0.15, 0.2) is 4.99 Å². The monoisotopic (exact) mass is 113 g/mol. The van der Waals surface area contributed by atoms with Crippen LogP contribution in [-0.2, 0) is 0 Å². The Bertz CT molecular complexity index is 104. The topological polar surface area (TPSA) is 62.2 Å². The molecule has 46 valence electrons. The molecule has 0 atom stereocenters. The van der Waals surface area contributed by atoms with E-state index < -0.39 is 0 Å². The van der Waals surface area contributed by atoms with E-state index in [1.807, 2.05) is 13.8 Å². The minimum absolute atomic E-state index is 0.191. The molecule has 0 rings (SSSR count). The maximum atomic E-state index is 6.62. The number of aliphatic imine (C=N–C) groups is 1. The summed E-state index contributed by atoms with van der Waals surface area (Å²) in [5.41, 5.74) is 5.18. The van der Waals surface area contributed by atoms with Crippen LogP contribution in [0.5, 0.6) is 0 Å². The van der Waals surface area contributed by atoms with Gasteiger partial charge in [-0.15, -0.1) is 0 Å². The molecule has 8 heavy (non-hydrogen) atoms. The molecule has 0 aromatic carbocycles. The van der Waals surface area contributed by atoms with E-state index in [1.54, 1.807) is 0 Å². The first-order valence-electron chi connectivity index (χ1n) is 2.50. The Morgan fingerprint density at radius 1 is 1.75 bits per heavy atom. The minimum Gasteiger partial charge on any atom is -0.383 e. The van der Waals surface area contributed by atoms with Gasteiger partial charge >= 0.3 is 0 Å². The first-order chi connectivity index (χ1) is 3.66. The Morgan fingerprint density at radius 3 is 2.38 bits per heavy atom. The Labute approximate surface area is 49.1 Å². The third-order valence-electron chi connectivity index (χ3n) is 0.555. The molecule has 0 spiro atoms. The van der Waals surface area contributed by atoms with E-state index in [4.69, 9.17) is 11.1 Å². The summed E-state index contributed by atoms with van der Waals surface area (Å²) < 4.78 is 0. The molecule has 0 unspecified atom stereocenters. The summed E-state index contributed by atoms with van der Waals surface area (Å²) in [6.45, 7) is 3.83. The standard InChI is InChI=1S/C5H11N3/c1-4(2)8-5(7)3-6/h3-4,6H,1-2H3,(H2,7,8). The zero-order valence-corrected chi connectivity index (χ0v) is 5.18. The number of nitrogens with one attached hydrogen (secondary N) is 1. The average Bonchev–Trinajstić information content (AvgIpc) is 1.65. The molecule has 3 nitrogen and oxygen atoms in total. The van der Waals surface area contributed by atoms with Gasteiger partial charge in [-0.2, -0.15) is 0 Å². The van der Waals surface area contributed by atoms with E-state index in [2.05, 4.69) is 4.99 Å². The van der Waals surface area contributed by atoms with Gasteiger partial charge < -0.3 is 11.1 Å². The van der Waals surface area contributed by atoms with Crippen molar-refractivity contribution in [3.63, 3.8) is 0 Å². The third-order valence-corrected chi connectivity index (χ3v) is 0.555. The van der Waals surface area contributed by atoms with Crippen molar-refractivity contribution in [2.24, 2.45) is 10.7 Å². The second-order valence-electron chi connectivity index (χ2n) is 1.79. The molecule has 0 saturated heterocycles. The quantitative estimate of drug-likeness (QED) is 0.395. The van der Waals surface area contributed by atoms with Crippen LogP contribution in [0.1, 0.15) is 13.8 Å². The summed E-state index contributed by atoms with van der Waals surface area (Å²) in [5, 5.41) is 6.62. The fourth-order valence-corrected chi connectivity index (χ4v) is 0.335. The maximum Gasteiger partial charge on any atom is 0.136 e. The minimum atomic E-state index is 0.191. The molecule has 0 aliphatic carbocycles. The van der Waals surface area contributed by atoms with Gasteiger partial charge in [0, 0.05) is 6.04 Å². The van der Waals surface area contributed by atoms with E-state index in [0.29, 0.717) is 5.84 Å². The van der Waals surface area contributed by atoms with Gasteiger partial charge in [0.25, 0.3) is 0 Å². The molecule has 0 radical (unpaired) electrons. The smallest absolute Gasteiger partial charge is 0.136 e. The van der Waals surface area contributed by atoms with Crippen molar-refractivity contribution in [1.29, 1.82) is 5.41 Å². The summed E-state index contributed by atoms with van der Waals surface area (Å²) >= 11 is 0. The van der Waals surface area contributed by atoms with Gasteiger partial charge in [0.05, 0.1) is 6.21 Å². The van der Waals surface area contributed by atoms with Gasteiger partial charge in [0.1, 0.15) is 5.84 Å². The lowest BCUT2D eigenvalue weighted by Gasteiger charge is -1.94. The lowest BCUT2D eigenvalue weighted by molar-refractivity contribution is 0.837. The highest BCUT2D eigenvalue weighted by atomic mass is 14.9. The van der Waals surface area contributed by atoms with Gasteiger partial charge in [-0.1, -0.05) is 0 Å². The molecule has 0 aromatic heterocycles. The van der Waals surface area contributed by atoms with E-state index in [-0.39, 0.29) is 6.04 Å². The lowest BCUT2D eigenvalue weighted by atomic mass is 10.4. The number of hydrogen-bond donors (Lipinski definition) is 2. The van der Waals surface area contributed by atoms with Gasteiger partial charge in [-0.25, -0.2) is 0 Å². The third kappa shape index (κ3) is 3.33. The van der Waals surface area contributed by atoms with Gasteiger partial charge in [-0.05, 0) is 13.8 Å². The van der Waals surface area contributed by atoms with Crippen LogP contribution < -0.4 is 5.73 Å². The predicted molar refractivity (Wildman–Crippen MR) is 35.5 cm³/mol. The second kappa shape index (κ2) is 3.18. The summed E-state index contributed by atoms with van der Waals surface area (Å²) in [5.74, 6) is 0.292. The largest absolute Gasteiger partial charge is 0.383 e. The fraction of sp³-hybridized carbons (Fsp3) is 0.600. The molecule has 0 aromatic rings. The summed E-state index contributed by atoms with van der Waals surface area (Å²) in [7, 11) is 0. The van der Waals surface area contributed by atoms with Crippen molar-refractivity contribution in [3.05, 3.63) is 0 Å². The number of rotatable bonds is 2. The highest BCUT2D eigenvalue weighted by Crippen LogP contribution is 1.82. The number of nitrogens with zero attached hydrogens (tertiary/aromatic N) is 1. The zero-order chi connectivity index (χ0) is 6.57. The van der Waals surface area contributed by atoms with Crippen LogP contribution in [0.25, 0.3) is 0 Å². The first kappa shape index (κ1) is 7.14. The lowest BCUT2D eigenvalue weighted by Crippen LogP contribution is -2.14. The van der Waals surface area contributed by atoms with Gasteiger partial charge in [0.2, 0.25) is 0 Å². The molecule has 0 aliphatic rings. The molecule has 0 amide bonds. The van der Waals surface area contributed by atoms with Crippen molar-refractivity contribution >= 4 is 12.1 Å².